The van der Waals surface area contributed by atoms with E-state index in [-0.39, 0.29) is 17.9 Å². The van der Waals surface area contributed by atoms with Crippen molar-refractivity contribution in [3.05, 3.63) is 64.6 Å². The fourth-order valence-electron chi connectivity index (χ4n) is 3.27. The molecule has 2 aromatic rings. The monoisotopic (exact) mass is 444 g/mol. The van der Waals surface area contributed by atoms with Crippen molar-refractivity contribution < 1.29 is 14.3 Å². The van der Waals surface area contributed by atoms with Gasteiger partial charge in [0.2, 0.25) is 5.91 Å². The maximum absolute atomic E-state index is 12.4. The molecule has 0 saturated carbocycles. The van der Waals surface area contributed by atoms with Crippen LogP contribution in [-0.4, -0.2) is 42.5 Å². The fraction of sp³-hybridized carbons (Fsp3) is 0.364. The van der Waals surface area contributed by atoms with Gasteiger partial charge in [0.15, 0.2) is 0 Å². The largest absolute Gasteiger partial charge is 0.494 e. The molecule has 0 aliphatic carbocycles. The lowest BCUT2D eigenvalue weighted by molar-refractivity contribution is -0.132. The number of hydrogen-bond donors (Lipinski definition) is 1. The highest BCUT2D eigenvalue weighted by molar-refractivity contribution is 9.10. The van der Waals surface area contributed by atoms with Crippen molar-refractivity contribution in [3.63, 3.8) is 0 Å². The molecule has 1 N–H and O–H groups in total. The molecule has 3 rings (SSSR count). The fourth-order valence-corrected chi connectivity index (χ4v) is 3.73. The number of nitrogens with zero attached hydrogens (tertiary/aromatic N) is 1. The third-order valence-electron chi connectivity index (χ3n) is 4.85. The summed E-state index contributed by atoms with van der Waals surface area (Å²) in [7, 11) is 0. The summed E-state index contributed by atoms with van der Waals surface area (Å²) in [6.07, 6.45) is 2.75. The van der Waals surface area contributed by atoms with Gasteiger partial charge in [0.25, 0.3) is 5.91 Å². The minimum atomic E-state index is -0.0738. The van der Waals surface area contributed by atoms with Crippen molar-refractivity contribution in [2.75, 3.05) is 19.7 Å². The molecule has 1 aliphatic rings. The summed E-state index contributed by atoms with van der Waals surface area (Å²) in [4.78, 5) is 26.7. The van der Waals surface area contributed by atoms with Crippen LogP contribution in [0.15, 0.2) is 59.1 Å². The van der Waals surface area contributed by atoms with E-state index in [1.165, 1.54) is 0 Å². The predicted octanol–water partition coefficient (Wildman–Crippen LogP) is 4.03. The molecular formula is C22H25BrN2O3. The van der Waals surface area contributed by atoms with Gasteiger partial charge >= 0.3 is 0 Å². The van der Waals surface area contributed by atoms with Gasteiger partial charge in [-0.15, -0.1) is 0 Å². The quantitative estimate of drug-likeness (QED) is 0.655. The van der Waals surface area contributed by atoms with E-state index in [0.29, 0.717) is 38.1 Å². The summed E-state index contributed by atoms with van der Waals surface area (Å²) in [6.45, 7) is 1.90. The first kappa shape index (κ1) is 20.4. The molecule has 0 radical (unpaired) electrons. The average Bonchev–Trinajstić information content (AvgIpc) is 2.72. The second-order valence-corrected chi connectivity index (χ2v) is 7.73. The summed E-state index contributed by atoms with van der Waals surface area (Å²) >= 11 is 3.41. The zero-order valence-corrected chi connectivity index (χ0v) is 17.4. The SMILES string of the molecule is O=C(NC1CCN(C(=O)CCCOc2ccccc2)CC1)c1ccccc1Br. The van der Waals surface area contributed by atoms with Crippen LogP contribution in [0.3, 0.4) is 0 Å². The first-order valence-electron chi connectivity index (χ1n) is 9.64. The van der Waals surface area contributed by atoms with Gasteiger partial charge in [0.05, 0.1) is 12.2 Å². The highest BCUT2D eigenvalue weighted by Crippen LogP contribution is 2.18. The number of para-hydroxylation sites is 1. The van der Waals surface area contributed by atoms with Gasteiger partial charge < -0.3 is 15.0 Å². The third-order valence-corrected chi connectivity index (χ3v) is 5.54. The van der Waals surface area contributed by atoms with E-state index in [2.05, 4.69) is 21.2 Å². The molecule has 0 unspecified atom stereocenters. The lowest BCUT2D eigenvalue weighted by atomic mass is 10.0. The van der Waals surface area contributed by atoms with Crippen molar-refractivity contribution in [1.82, 2.24) is 10.2 Å². The molecule has 148 valence electrons. The third kappa shape index (κ3) is 5.83. The van der Waals surface area contributed by atoms with Gasteiger partial charge in [-0.05, 0) is 59.5 Å². The molecule has 0 aromatic heterocycles. The molecule has 1 saturated heterocycles. The lowest BCUT2D eigenvalue weighted by Gasteiger charge is -2.32. The Hall–Kier alpha value is -2.34. The topological polar surface area (TPSA) is 58.6 Å². The number of piperidine rings is 1. The lowest BCUT2D eigenvalue weighted by Crippen LogP contribution is -2.46. The van der Waals surface area contributed by atoms with E-state index < -0.39 is 0 Å². The van der Waals surface area contributed by atoms with Crippen LogP contribution >= 0.6 is 15.9 Å². The summed E-state index contributed by atoms with van der Waals surface area (Å²) in [5.41, 5.74) is 0.638. The molecule has 0 spiro atoms. The van der Waals surface area contributed by atoms with Gasteiger partial charge in [0, 0.05) is 30.0 Å². The minimum Gasteiger partial charge on any atom is -0.494 e. The van der Waals surface area contributed by atoms with Crippen LogP contribution in [0, 0.1) is 0 Å². The molecular weight excluding hydrogens is 420 g/mol. The Morgan fingerprint density at radius 1 is 1.04 bits per heavy atom. The molecule has 0 atom stereocenters. The number of hydrogen-bond acceptors (Lipinski definition) is 3. The highest BCUT2D eigenvalue weighted by Gasteiger charge is 2.24. The standard InChI is InChI=1S/C22H25BrN2O3/c23-20-10-5-4-9-19(20)22(27)24-17-12-14-25(15-13-17)21(26)11-6-16-28-18-7-2-1-3-8-18/h1-5,7-10,17H,6,11-16H2,(H,24,27). The molecule has 1 heterocycles. The van der Waals surface area contributed by atoms with Crippen molar-refractivity contribution in [2.24, 2.45) is 0 Å². The predicted molar refractivity (Wildman–Crippen MR) is 112 cm³/mol. The van der Waals surface area contributed by atoms with Crippen LogP contribution in [0.4, 0.5) is 0 Å². The molecule has 2 amide bonds. The van der Waals surface area contributed by atoms with Gasteiger partial charge in [-0.1, -0.05) is 30.3 Å². The normalized spacial score (nSPS) is 14.5. The molecule has 0 bridgehead atoms. The molecule has 5 nitrogen and oxygen atoms in total. The second kappa shape index (κ2) is 10.3. The van der Waals surface area contributed by atoms with Crippen LogP contribution in [0.2, 0.25) is 0 Å². The zero-order chi connectivity index (χ0) is 19.8. The Balaban J connectivity index is 1.36. The number of carbonyl (C=O) groups is 2. The summed E-state index contributed by atoms with van der Waals surface area (Å²) in [5, 5.41) is 3.08. The first-order valence-corrected chi connectivity index (χ1v) is 10.4. The van der Waals surface area contributed by atoms with Crippen molar-refractivity contribution in [1.29, 1.82) is 0 Å². The number of halogens is 1. The van der Waals surface area contributed by atoms with Crippen molar-refractivity contribution in [3.8, 4) is 5.75 Å². The van der Waals surface area contributed by atoms with Gasteiger partial charge in [-0.25, -0.2) is 0 Å². The molecule has 2 aromatic carbocycles. The van der Waals surface area contributed by atoms with E-state index in [4.69, 9.17) is 4.74 Å². The zero-order valence-electron chi connectivity index (χ0n) is 15.8. The summed E-state index contributed by atoms with van der Waals surface area (Å²) < 4.78 is 6.42. The van der Waals surface area contributed by atoms with Gasteiger partial charge in [-0.2, -0.15) is 0 Å². The second-order valence-electron chi connectivity index (χ2n) is 6.87. The average molecular weight is 445 g/mol. The Morgan fingerprint density at radius 2 is 1.71 bits per heavy atom. The Bertz CT molecular complexity index is 789. The maximum Gasteiger partial charge on any atom is 0.252 e. The number of carbonyl (C=O) groups excluding carboxylic acids is 2. The molecule has 28 heavy (non-hydrogen) atoms. The maximum atomic E-state index is 12.4. The Morgan fingerprint density at radius 3 is 2.43 bits per heavy atom. The van der Waals surface area contributed by atoms with E-state index in [1.54, 1.807) is 6.07 Å². The molecule has 6 heteroatoms. The van der Waals surface area contributed by atoms with Crippen molar-refractivity contribution in [2.45, 2.75) is 31.7 Å². The minimum absolute atomic E-state index is 0.0738. The van der Waals surface area contributed by atoms with E-state index in [1.807, 2.05) is 53.4 Å². The summed E-state index contributed by atoms with van der Waals surface area (Å²) in [5.74, 6) is 0.916. The molecule has 1 aliphatic heterocycles. The number of rotatable bonds is 7. The van der Waals surface area contributed by atoms with Crippen LogP contribution in [0.25, 0.3) is 0 Å². The molecule has 1 fully saturated rings. The number of benzene rings is 2. The van der Waals surface area contributed by atoms with Gasteiger partial charge in [-0.3, -0.25) is 9.59 Å². The summed E-state index contributed by atoms with van der Waals surface area (Å²) in [6, 6.07) is 17.1. The van der Waals surface area contributed by atoms with E-state index in [0.717, 1.165) is 23.1 Å². The van der Waals surface area contributed by atoms with Crippen LogP contribution < -0.4 is 10.1 Å². The number of likely N-dealkylation sites (tertiary alicyclic amines) is 1. The Kier molecular flexibility index (Phi) is 7.48. The Labute approximate surface area is 174 Å². The number of nitrogens with one attached hydrogen (secondary N) is 1. The van der Waals surface area contributed by atoms with Crippen LogP contribution in [-0.2, 0) is 4.79 Å². The van der Waals surface area contributed by atoms with Gasteiger partial charge in [0.1, 0.15) is 5.75 Å². The van der Waals surface area contributed by atoms with Crippen molar-refractivity contribution >= 4 is 27.7 Å². The van der Waals surface area contributed by atoms with E-state index in [9.17, 15) is 9.59 Å². The number of amides is 2. The van der Waals surface area contributed by atoms with Crippen LogP contribution in [0.1, 0.15) is 36.0 Å². The smallest absolute Gasteiger partial charge is 0.252 e. The number of ether oxygens (including phenoxy) is 1. The highest BCUT2D eigenvalue weighted by atomic mass is 79.9. The van der Waals surface area contributed by atoms with E-state index >= 15 is 0 Å². The first-order chi connectivity index (χ1) is 13.6. The van der Waals surface area contributed by atoms with Crippen LogP contribution in [0.5, 0.6) is 5.75 Å².